The fraction of sp³-hybridized carbons (Fsp3) is 0.321. The van der Waals surface area contributed by atoms with Crippen LogP contribution in [0.4, 0.5) is 5.69 Å². The van der Waals surface area contributed by atoms with Gasteiger partial charge < -0.3 is 15.4 Å². The first-order valence-corrected chi connectivity index (χ1v) is 12.2. The van der Waals surface area contributed by atoms with E-state index in [1.807, 2.05) is 54.6 Å². The van der Waals surface area contributed by atoms with Crippen molar-refractivity contribution >= 4 is 23.5 Å². The Hall–Kier alpha value is -3.87. The highest BCUT2D eigenvalue weighted by atomic mass is 16.4. The molecule has 5 rings (SSSR count). The van der Waals surface area contributed by atoms with Crippen molar-refractivity contribution in [2.45, 2.75) is 50.6 Å². The zero-order valence-electron chi connectivity index (χ0n) is 19.4. The number of benzene rings is 2. The van der Waals surface area contributed by atoms with Gasteiger partial charge in [-0.25, -0.2) is 4.79 Å². The number of aromatic nitrogens is 1. The van der Waals surface area contributed by atoms with Gasteiger partial charge in [-0.15, -0.1) is 0 Å². The van der Waals surface area contributed by atoms with Crippen molar-refractivity contribution in [1.82, 2.24) is 10.3 Å². The van der Waals surface area contributed by atoms with Crippen molar-refractivity contribution in [2.24, 2.45) is 5.92 Å². The van der Waals surface area contributed by atoms with E-state index in [1.165, 1.54) is 4.90 Å². The summed E-state index contributed by atoms with van der Waals surface area (Å²) >= 11 is 0. The van der Waals surface area contributed by atoms with Crippen LogP contribution >= 0.6 is 0 Å². The van der Waals surface area contributed by atoms with E-state index in [9.17, 15) is 19.5 Å². The lowest BCUT2D eigenvalue weighted by atomic mass is 9.95. The lowest BCUT2D eigenvalue weighted by Gasteiger charge is -2.25. The van der Waals surface area contributed by atoms with Gasteiger partial charge in [-0.05, 0) is 48.1 Å². The van der Waals surface area contributed by atoms with Crippen LogP contribution in [0.2, 0.25) is 0 Å². The minimum absolute atomic E-state index is 0.0602. The predicted molar refractivity (Wildman–Crippen MR) is 132 cm³/mol. The molecule has 0 unspecified atom stereocenters. The Morgan fingerprint density at radius 1 is 0.971 bits per heavy atom. The minimum Gasteiger partial charge on any atom is -0.480 e. The largest absolute Gasteiger partial charge is 0.480 e. The van der Waals surface area contributed by atoms with Crippen LogP contribution in [0.15, 0.2) is 66.7 Å². The van der Waals surface area contributed by atoms with Crippen LogP contribution in [0.1, 0.15) is 59.0 Å². The molecule has 2 amide bonds. The second-order valence-corrected chi connectivity index (χ2v) is 9.44. The van der Waals surface area contributed by atoms with Crippen LogP contribution in [-0.2, 0) is 22.4 Å². The summed E-state index contributed by atoms with van der Waals surface area (Å²) in [7, 11) is 0. The molecule has 7 nitrogen and oxygen atoms in total. The number of hydrogen-bond acceptors (Lipinski definition) is 3. The SMILES string of the molecule is O=C(Cc1ccccc1)N[C@H](c1ccc(C(=O)N2c3ccccc3C[C@H]2C(=O)O)[nH]1)C1CCCC1. The minimum atomic E-state index is -1.03. The average Bonchev–Trinajstić information content (AvgIpc) is 3.63. The van der Waals surface area contributed by atoms with Gasteiger partial charge in [-0.3, -0.25) is 14.5 Å². The van der Waals surface area contributed by atoms with Gasteiger partial charge in [0.2, 0.25) is 5.91 Å². The maximum atomic E-state index is 13.5. The number of carboxylic acids is 1. The number of amides is 2. The molecular weight excluding hydrogens is 442 g/mol. The number of aliphatic carboxylic acids is 1. The first-order chi connectivity index (χ1) is 17.0. The molecule has 0 bridgehead atoms. The van der Waals surface area contributed by atoms with Crippen LogP contribution in [0, 0.1) is 5.92 Å². The molecule has 1 aliphatic heterocycles. The third kappa shape index (κ3) is 4.71. The van der Waals surface area contributed by atoms with Crippen molar-refractivity contribution in [3.8, 4) is 0 Å². The molecule has 7 heteroatoms. The monoisotopic (exact) mass is 471 g/mol. The highest BCUT2D eigenvalue weighted by Crippen LogP contribution is 2.37. The average molecular weight is 472 g/mol. The summed E-state index contributed by atoms with van der Waals surface area (Å²) in [6.45, 7) is 0. The van der Waals surface area contributed by atoms with Crippen LogP contribution in [0.5, 0.6) is 0 Å². The van der Waals surface area contributed by atoms with Gasteiger partial charge in [0.1, 0.15) is 11.7 Å². The van der Waals surface area contributed by atoms with Gasteiger partial charge in [0, 0.05) is 17.8 Å². The van der Waals surface area contributed by atoms with Crippen LogP contribution in [-0.4, -0.2) is 33.9 Å². The van der Waals surface area contributed by atoms with E-state index in [0.29, 0.717) is 17.8 Å². The maximum absolute atomic E-state index is 13.5. The summed E-state index contributed by atoms with van der Waals surface area (Å²) in [4.78, 5) is 42.9. The molecule has 2 aliphatic rings. The first-order valence-electron chi connectivity index (χ1n) is 12.2. The lowest BCUT2D eigenvalue weighted by Crippen LogP contribution is -2.43. The molecule has 2 atom stereocenters. The van der Waals surface area contributed by atoms with Crippen LogP contribution < -0.4 is 10.2 Å². The molecule has 2 aromatic carbocycles. The number of carbonyl (C=O) groups is 3. The molecule has 0 spiro atoms. The Morgan fingerprint density at radius 3 is 2.43 bits per heavy atom. The second-order valence-electron chi connectivity index (χ2n) is 9.44. The molecule has 1 aliphatic carbocycles. The van der Waals surface area contributed by atoms with Crippen LogP contribution in [0.3, 0.4) is 0 Å². The Kier molecular flexibility index (Phi) is 6.40. The summed E-state index contributed by atoms with van der Waals surface area (Å²) in [6, 6.07) is 19.3. The Balaban J connectivity index is 1.38. The van der Waals surface area contributed by atoms with E-state index in [0.717, 1.165) is 42.5 Å². The second kappa shape index (κ2) is 9.78. The number of H-pyrrole nitrogens is 1. The van der Waals surface area contributed by atoms with Gasteiger partial charge in [0.15, 0.2) is 0 Å². The summed E-state index contributed by atoms with van der Waals surface area (Å²) in [5.74, 6) is -1.18. The predicted octanol–water partition coefficient (Wildman–Crippen LogP) is 4.26. The lowest BCUT2D eigenvalue weighted by molar-refractivity contribution is -0.138. The molecule has 3 aromatic rings. The molecule has 0 saturated heterocycles. The molecular formula is C28H29N3O4. The third-order valence-electron chi connectivity index (χ3n) is 7.15. The van der Waals surface area contributed by atoms with Crippen LogP contribution in [0.25, 0.3) is 0 Å². The van der Waals surface area contributed by atoms with Crippen molar-refractivity contribution in [2.75, 3.05) is 4.90 Å². The number of nitrogens with zero attached hydrogens (tertiary/aromatic N) is 1. The van der Waals surface area contributed by atoms with Crippen molar-refractivity contribution < 1.29 is 19.5 Å². The first kappa shape index (κ1) is 22.9. The van der Waals surface area contributed by atoms with Gasteiger partial charge in [-0.1, -0.05) is 61.4 Å². The molecule has 0 radical (unpaired) electrons. The smallest absolute Gasteiger partial charge is 0.327 e. The van der Waals surface area contributed by atoms with E-state index in [4.69, 9.17) is 0 Å². The van der Waals surface area contributed by atoms with Crippen molar-refractivity contribution in [3.05, 3.63) is 89.2 Å². The zero-order chi connectivity index (χ0) is 24.4. The number of para-hydroxylation sites is 1. The highest BCUT2D eigenvalue weighted by molar-refractivity contribution is 6.10. The molecule has 2 heterocycles. The number of hydrogen-bond donors (Lipinski definition) is 3. The number of nitrogens with one attached hydrogen (secondary N) is 2. The number of carbonyl (C=O) groups excluding carboxylic acids is 2. The molecule has 35 heavy (non-hydrogen) atoms. The summed E-state index contributed by atoms with van der Waals surface area (Å²) in [6.07, 6.45) is 4.84. The third-order valence-corrected chi connectivity index (χ3v) is 7.15. The van der Waals surface area contributed by atoms with Gasteiger partial charge in [0.05, 0.1) is 12.5 Å². The van der Waals surface area contributed by atoms with Crippen molar-refractivity contribution in [1.29, 1.82) is 0 Å². The number of fused-ring (bicyclic) bond motifs is 1. The standard InChI is InChI=1S/C28H29N3O4/c32-25(16-18-8-2-1-3-9-18)30-26(19-10-4-5-11-19)21-14-15-22(29-21)27(33)31-23-13-7-6-12-20(23)17-24(31)28(34)35/h1-3,6-9,12-15,19,24,26,29H,4-5,10-11,16-17H2,(H,30,32)(H,34,35)/t24-,26-/m0/s1. The zero-order valence-corrected chi connectivity index (χ0v) is 19.4. The normalized spacial score (nSPS) is 18.3. The molecule has 1 fully saturated rings. The molecule has 3 N–H and O–H groups in total. The van der Waals surface area contributed by atoms with Gasteiger partial charge >= 0.3 is 5.97 Å². The van der Waals surface area contributed by atoms with E-state index in [2.05, 4.69) is 10.3 Å². The summed E-state index contributed by atoms with van der Waals surface area (Å²) < 4.78 is 0. The van der Waals surface area contributed by atoms with Gasteiger partial charge in [-0.2, -0.15) is 0 Å². The highest BCUT2D eigenvalue weighted by Gasteiger charge is 2.39. The topological polar surface area (TPSA) is 102 Å². The summed E-state index contributed by atoms with van der Waals surface area (Å²) in [5, 5.41) is 13.0. The Labute approximate surface area is 204 Å². The van der Waals surface area contributed by atoms with Gasteiger partial charge in [0.25, 0.3) is 5.91 Å². The number of carboxylic acid groups (broad SMARTS) is 1. The Morgan fingerprint density at radius 2 is 1.69 bits per heavy atom. The number of anilines is 1. The molecule has 1 saturated carbocycles. The van der Waals surface area contributed by atoms with Crippen molar-refractivity contribution in [3.63, 3.8) is 0 Å². The van der Waals surface area contributed by atoms with E-state index in [1.54, 1.807) is 12.1 Å². The Bertz CT molecular complexity index is 1230. The maximum Gasteiger partial charge on any atom is 0.327 e. The summed E-state index contributed by atoms with van der Waals surface area (Å²) in [5.41, 5.74) is 3.52. The fourth-order valence-electron chi connectivity index (χ4n) is 5.43. The molecule has 1 aromatic heterocycles. The van der Waals surface area contributed by atoms with E-state index in [-0.39, 0.29) is 30.2 Å². The molecule has 180 valence electrons. The number of aromatic amines is 1. The quantitative estimate of drug-likeness (QED) is 0.479. The number of rotatable bonds is 7. The van der Waals surface area contributed by atoms with E-state index >= 15 is 0 Å². The van der Waals surface area contributed by atoms with E-state index < -0.39 is 12.0 Å². The fourth-order valence-corrected chi connectivity index (χ4v) is 5.43.